The molecule has 0 fully saturated rings. The van der Waals surface area contributed by atoms with Crippen LogP contribution in [-0.4, -0.2) is 21.2 Å². The van der Waals surface area contributed by atoms with E-state index < -0.39 is 66.9 Å². The number of primary amides is 1. The maximum atomic E-state index is 12.8. The predicted molar refractivity (Wildman–Crippen MR) is 83.7 cm³/mol. The molecular weight excluding hydrogens is 445 g/mol. The molecule has 0 saturated carbocycles. The smallest absolute Gasteiger partial charge is 0.364 e. The summed E-state index contributed by atoms with van der Waals surface area (Å²) in [5, 5.41) is 10.3. The molecule has 2 aromatic rings. The second-order valence-electron chi connectivity index (χ2n) is 4.75. The zero-order valence-corrected chi connectivity index (χ0v) is 14.7. The topological polar surface area (TPSA) is 84.7 Å². The molecule has 2 N–H and O–H groups in total. The van der Waals surface area contributed by atoms with Crippen LogP contribution in [-0.2, 0) is 6.18 Å². The first kappa shape index (κ1) is 21.2. The Morgan fingerprint density at radius 2 is 1.70 bits per heavy atom. The summed E-state index contributed by atoms with van der Waals surface area (Å²) in [6.45, 7) is 0. The highest BCUT2D eigenvalue weighted by atomic mass is 35.5. The Hall–Kier alpha value is -2.10. The maximum Gasteiger partial charge on any atom is 0.447 e. The lowest BCUT2D eigenvalue weighted by Crippen LogP contribution is -2.18. The van der Waals surface area contributed by atoms with Crippen LogP contribution in [0.2, 0.25) is 10.0 Å². The highest BCUT2D eigenvalue weighted by Gasteiger charge is 2.36. The van der Waals surface area contributed by atoms with Gasteiger partial charge >= 0.3 is 11.7 Å². The first-order valence-corrected chi connectivity index (χ1v) is 7.98. The van der Waals surface area contributed by atoms with Gasteiger partial charge in [-0.1, -0.05) is 23.2 Å². The van der Waals surface area contributed by atoms with Gasteiger partial charge < -0.3 is 5.73 Å². The molecule has 0 aliphatic carbocycles. The molecule has 5 nitrogen and oxygen atoms in total. The molecule has 1 aromatic heterocycles. The number of halogens is 8. The van der Waals surface area contributed by atoms with Crippen LogP contribution >= 0.6 is 35.0 Å². The normalized spacial score (nSPS) is 12.1. The third kappa shape index (κ3) is 4.42. The number of thioether (sulfide) groups is 1. The summed E-state index contributed by atoms with van der Waals surface area (Å²) in [6, 6.07) is 2.25. The van der Waals surface area contributed by atoms with Gasteiger partial charge in [-0.15, -0.1) is 0 Å². The number of rotatable bonds is 3. The van der Waals surface area contributed by atoms with Gasteiger partial charge in [-0.3, -0.25) is 4.79 Å². The second kappa shape index (κ2) is 7.14. The molecular formula is C13H4Cl2F6N4OS. The molecule has 0 atom stereocenters. The Kier molecular flexibility index (Phi) is 5.61. The van der Waals surface area contributed by atoms with Crippen LogP contribution in [0.3, 0.4) is 0 Å². The molecule has 14 heteroatoms. The lowest BCUT2D eigenvalue weighted by Gasteiger charge is -2.13. The van der Waals surface area contributed by atoms with E-state index in [9.17, 15) is 31.1 Å². The van der Waals surface area contributed by atoms with E-state index in [4.69, 9.17) is 34.2 Å². The summed E-state index contributed by atoms with van der Waals surface area (Å²) in [7, 11) is 0. The second-order valence-corrected chi connectivity index (χ2v) is 6.62. The van der Waals surface area contributed by atoms with Crippen LogP contribution < -0.4 is 5.73 Å². The average molecular weight is 449 g/mol. The van der Waals surface area contributed by atoms with Crippen LogP contribution in [0.25, 0.3) is 5.69 Å². The molecule has 27 heavy (non-hydrogen) atoms. The molecule has 0 unspecified atom stereocenters. The minimum absolute atomic E-state index is 0.416. The van der Waals surface area contributed by atoms with Crippen LogP contribution in [0.1, 0.15) is 21.6 Å². The Labute approximate surface area is 160 Å². The van der Waals surface area contributed by atoms with Crippen LogP contribution in [0, 0.1) is 11.3 Å². The summed E-state index contributed by atoms with van der Waals surface area (Å²) in [6.07, 6.45) is -4.81. The molecule has 1 aromatic carbocycles. The fourth-order valence-electron chi connectivity index (χ4n) is 2.00. The van der Waals surface area contributed by atoms with Crippen molar-refractivity contribution in [2.45, 2.75) is 16.7 Å². The van der Waals surface area contributed by atoms with Gasteiger partial charge in [0.2, 0.25) is 0 Å². The van der Waals surface area contributed by atoms with Gasteiger partial charge in [-0.05, 0) is 12.1 Å². The highest BCUT2D eigenvalue weighted by Crippen LogP contribution is 2.41. The number of hydrogen-bond donors (Lipinski definition) is 1. The van der Waals surface area contributed by atoms with E-state index in [1.807, 2.05) is 0 Å². The quantitative estimate of drug-likeness (QED) is 0.540. The maximum absolute atomic E-state index is 12.8. The third-order valence-electron chi connectivity index (χ3n) is 2.97. The molecule has 1 heterocycles. The van der Waals surface area contributed by atoms with Gasteiger partial charge in [0.25, 0.3) is 5.91 Å². The summed E-state index contributed by atoms with van der Waals surface area (Å²) < 4.78 is 76.8. The van der Waals surface area contributed by atoms with Crippen molar-refractivity contribution in [3.05, 3.63) is 39.0 Å². The molecule has 0 aliphatic heterocycles. The van der Waals surface area contributed by atoms with E-state index in [0.29, 0.717) is 16.8 Å². The van der Waals surface area contributed by atoms with Crippen molar-refractivity contribution in [2.24, 2.45) is 5.73 Å². The van der Waals surface area contributed by atoms with Gasteiger partial charge in [0.05, 0.1) is 15.6 Å². The van der Waals surface area contributed by atoms with Crippen molar-refractivity contribution in [1.82, 2.24) is 9.78 Å². The molecule has 0 aliphatic rings. The van der Waals surface area contributed by atoms with Crippen molar-refractivity contribution in [2.75, 3.05) is 0 Å². The van der Waals surface area contributed by atoms with E-state index in [0.717, 1.165) is 0 Å². The number of alkyl halides is 6. The van der Waals surface area contributed by atoms with E-state index >= 15 is 0 Å². The van der Waals surface area contributed by atoms with Gasteiger partial charge in [-0.2, -0.15) is 36.7 Å². The largest absolute Gasteiger partial charge is 0.447 e. The molecule has 2 rings (SSSR count). The Balaban J connectivity index is 2.80. The van der Waals surface area contributed by atoms with Crippen LogP contribution in [0.4, 0.5) is 26.3 Å². The molecule has 1 amide bonds. The number of hydrogen-bond acceptors (Lipinski definition) is 4. The van der Waals surface area contributed by atoms with Gasteiger partial charge in [0, 0.05) is 11.8 Å². The number of carbonyl (C=O) groups excluding carboxylic acids is 1. The van der Waals surface area contributed by atoms with Crippen molar-refractivity contribution < 1.29 is 31.1 Å². The number of nitriles is 1. The van der Waals surface area contributed by atoms with Gasteiger partial charge in [0.1, 0.15) is 22.3 Å². The number of carbonyl (C=O) groups is 1. The highest BCUT2D eigenvalue weighted by molar-refractivity contribution is 8.00. The molecule has 0 bridgehead atoms. The van der Waals surface area contributed by atoms with Gasteiger partial charge in [0.15, 0.2) is 5.69 Å². The lowest BCUT2D eigenvalue weighted by molar-refractivity contribution is -0.137. The molecule has 0 saturated heterocycles. The lowest BCUT2D eigenvalue weighted by atomic mass is 10.2. The Bertz CT molecular complexity index is 940. The minimum Gasteiger partial charge on any atom is -0.364 e. The average Bonchev–Trinajstić information content (AvgIpc) is 2.81. The SMILES string of the molecule is N#Cc1c(SC(F)(F)F)nn(-c2c(Cl)cc(C(F)(F)F)cc2Cl)c1C(N)=O. The van der Waals surface area contributed by atoms with E-state index in [1.165, 1.54) is 6.07 Å². The summed E-state index contributed by atoms with van der Waals surface area (Å²) in [5.74, 6) is -1.36. The van der Waals surface area contributed by atoms with E-state index in [-0.39, 0.29) is 0 Å². The van der Waals surface area contributed by atoms with Crippen LogP contribution in [0.15, 0.2) is 17.2 Å². The number of nitrogens with two attached hydrogens (primary N) is 1. The minimum atomic E-state index is -4.87. The third-order valence-corrected chi connectivity index (χ3v) is 4.25. The zero-order valence-electron chi connectivity index (χ0n) is 12.4. The standard InChI is InChI=1S/C13H4Cl2F6N4OS/c14-6-1-4(12(16,17)18)2-7(15)9(6)25-8(10(23)26)5(3-22)11(24-25)27-13(19,20)21/h1-2H,(H2,23,26). The van der Waals surface area contributed by atoms with Crippen molar-refractivity contribution in [3.8, 4) is 11.8 Å². The van der Waals surface area contributed by atoms with E-state index in [2.05, 4.69) is 5.10 Å². The van der Waals surface area contributed by atoms with Crippen molar-refractivity contribution in [1.29, 1.82) is 5.26 Å². The Morgan fingerprint density at radius 1 is 1.19 bits per heavy atom. The first-order chi connectivity index (χ1) is 12.3. The number of aromatic nitrogens is 2. The zero-order chi connectivity index (χ0) is 20.7. The fraction of sp³-hybridized carbons (Fsp3) is 0.154. The first-order valence-electron chi connectivity index (χ1n) is 6.41. The summed E-state index contributed by atoms with van der Waals surface area (Å²) in [5.41, 5.74) is -3.18. The molecule has 0 radical (unpaired) electrons. The number of nitrogens with zero attached hydrogens (tertiary/aromatic N) is 3. The van der Waals surface area contributed by atoms with E-state index in [1.54, 1.807) is 0 Å². The summed E-state index contributed by atoms with van der Waals surface area (Å²) >= 11 is 10.8. The molecule has 0 spiro atoms. The van der Waals surface area contributed by atoms with Crippen LogP contribution in [0.5, 0.6) is 0 Å². The van der Waals surface area contributed by atoms with Gasteiger partial charge in [-0.25, -0.2) is 4.68 Å². The fourth-order valence-corrected chi connectivity index (χ4v) is 3.23. The van der Waals surface area contributed by atoms with Crippen molar-refractivity contribution >= 4 is 40.9 Å². The molecule has 144 valence electrons. The van der Waals surface area contributed by atoms with Crippen molar-refractivity contribution in [3.63, 3.8) is 0 Å². The number of benzene rings is 1. The summed E-state index contributed by atoms with van der Waals surface area (Å²) in [4.78, 5) is 11.7. The number of amides is 1. The predicted octanol–water partition coefficient (Wildman–Crippen LogP) is 4.78. The monoisotopic (exact) mass is 448 g/mol. The Morgan fingerprint density at radius 3 is 2.07 bits per heavy atom.